The number of nitrogens with zero attached hydrogens (tertiary/aromatic N) is 7. The summed E-state index contributed by atoms with van der Waals surface area (Å²) in [5.41, 5.74) is 2.28. The lowest BCUT2D eigenvalue weighted by atomic mass is 10.2. The molecule has 0 saturated carbocycles. The van der Waals surface area contributed by atoms with Crippen LogP contribution in [0.25, 0.3) is 16.9 Å². The molecule has 0 bridgehead atoms. The molecule has 5 heterocycles. The van der Waals surface area contributed by atoms with Crippen molar-refractivity contribution in [3.63, 3.8) is 0 Å². The smallest absolute Gasteiger partial charge is 0.274 e. The second-order valence-electron chi connectivity index (χ2n) is 6.44. The van der Waals surface area contributed by atoms with Crippen molar-refractivity contribution in [2.24, 2.45) is 0 Å². The molecule has 140 valence electrons. The lowest BCUT2D eigenvalue weighted by Gasteiger charge is -2.26. The highest BCUT2D eigenvalue weighted by Crippen LogP contribution is 2.22. The molecule has 0 saturated heterocycles. The second-order valence-corrected chi connectivity index (χ2v) is 6.87. The molecule has 5 rings (SSSR count). The number of rotatable bonds is 2. The minimum absolute atomic E-state index is 0.194. The first-order valence-electron chi connectivity index (χ1n) is 8.55. The van der Waals surface area contributed by atoms with E-state index in [1.54, 1.807) is 23.2 Å². The molecule has 0 N–H and O–H groups in total. The van der Waals surface area contributed by atoms with Gasteiger partial charge in [0.25, 0.3) is 5.91 Å². The Balaban J connectivity index is 1.40. The number of hydrogen-bond acceptors (Lipinski definition) is 5. The summed E-state index contributed by atoms with van der Waals surface area (Å²) in [5, 5.41) is 4.72. The van der Waals surface area contributed by atoms with Crippen LogP contribution in [0.1, 0.15) is 16.3 Å². The predicted octanol–water partition coefficient (Wildman–Crippen LogP) is 2.44. The SMILES string of the molecule is O=C(c1cc2ncc(Cl)cn2n1)N1CCn2cc(-c3ccc(F)nc3)nc2C1. The molecular weight excluding hydrogens is 385 g/mol. The summed E-state index contributed by atoms with van der Waals surface area (Å²) in [6, 6.07) is 4.57. The molecule has 1 aliphatic rings. The van der Waals surface area contributed by atoms with E-state index in [0.717, 1.165) is 11.4 Å². The first-order valence-corrected chi connectivity index (χ1v) is 8.93. The highest BCUT2D eigenvalue weighted by Gasteiger charge is 2.25. The number of imidazole rings is 1. The van der Waals surface area contributed by atoms with Crippen molar-refractivity contribution in [3.8, 4) is 11.3 Å². The van der Waals surface area contributed by atoms with Gasteiger partial charge in [-0.2, -0.15) is 9.49 Å². The van der Waals surface area contributed by atoms with E-state index in [2.05, 4.69) is 20.1 Å². The summed E-state index contributed by atoms with van der Waals surface area (Å²) in [6.45, 7) is 1.50. The second kappa shape index (κ2) is 6.38. The van der Waals surface area contributed by atoms with Gasteiger partial charge in [-0.05, 0) is 12.1 Å². The number of hydrogen-bond donors (Lipinski definition) is 0. The van der Waals surface area contributed by atoms with Crippen LogP contribution in [0.4, 0.5) is 4.39 Å². The summed E-state index contributed by atoms with van der Waals surface area (Å²) in [4.78, 5) is 27.0. The Kier molecular flexibility index (Phi) is 3.83. The van der Waals surface area contributed by atoms with Gasteiger partial charge in [-0.15, -0.1) is 0 Å². The Morgan fingerprint density at radius 2 is 2.04 bits per heavy atom. The van der Waals surface area contributed by atoms with E-state index in [9.17, 15) is 9.18 Å². The first-order chi connectivity index (χ1) is 13.6. The molecule has 0 aromatic carbocycles. The zero-order valence-electron chi connectivity index (χ0n) is 14.5. The molecule has 4 aromatic rings. The van der Waals surface area contributed by atoms with Gasteiger partial charge in [-0.25, -0.2) is 19.5 Å². The Bertz CT molecular complexity index is 1200. The van der Waals surface area contributed by atoms with Crippen LogP contribution < -0.4 is 0 Å². The molecule has 0 atom stereocenters. The summed E-state index contributed by atoms with van der Waals surface area (Å²) in [5.74, 6) is 0.0254. The van der Waals surface area contributed by atoms with E-state index >= 15 is 0 Å². The van der Waals surface area contributed by atoms with Gasteiger partial charge < -0.3 is 9.47 Å². The molecule has 4 aromatic heterocycles. The van der Waals surface area contributed by atoms with E-state index in [1.807, 2.05) is 10.8 Å². The molecule has 0 aliphatic carbocycles. The number of halogens is 2. The average Bonchev–Trinajstić information content (AvgIpc) is 3.30. The van der Waals surface area contributed by atoms with Crippen molar-refractivity contribution in [1.29, 1.82) is 0 Å². The number of aromatic nitrogens is 6. The maximum absolute atomic E-state index is 13.0. The van der Waals surface area contributed by atoms with E-state index in [1.165, 1.54) is 23.0 Å². The number of fused-ring (bicyclic) bond motifs is 2. The lowest BCUT2D eigenvalue weighted by molar-refractivity contribution is 0.0701. The van der Waals surface area contributed by atoms with Crippen LogP contribution in [0.15, 0.2) is 43.0 Å². The molecule has 10 heteroatoms. The molecule has 0 radical (unpaired) electrons. The van der Waals surface area contributed by atoms with E-state index in [-0.39, 0.29) is 5.91 Å². The predicted molar refractivity (Wildman–Crippen MR) is 98.2 cm³/mol. The van der Waals surface area contributed by atoms with Crippen LogP contribution >= 0.6 is 11.6 Å². The molecule has 0 fully saturated rings. The van der Waals surface area contributed by atoms with Crippen LogP contribution in [0.5, 0.6) is 0 Å². The summed E-state index contributed by atoms with van der Waals surface area (Å²) < 4.78 is 16.5. The van der Waals surface area contributed by atoms with Crippen molar-refractivity contribution in [2.75, 3.05) is 6.54 Å². The van der Waals surface area contributed by atoms with E-state index in [4.69, 9.17) is 11.6 Å². The minimum Gasteiger partial charge on any atom is -0.331 e. The van der Waals surface area contributed by atoms with Crippen molar-refractivity contribution in [3.05, 3.63) is 65.5 Å². The quantitative estimate of drug-likeness (QED) is 0.485. The zero-order valence-corrected chi connectivity index (χ0v) is 15.2. The molecule has 8 nitrogen and oxygen atoms in total. The summed E-state index contributed by atoms with van der Waals surface area (Å²) in [6.07, 6.45) is 6.45. The minimum atomic E-state index is -0.535. The average molecular weight is 398 g/mol. The van der Waals surface area contributed by atoms with Crippen LogP contribution in [0.3, 0.4) is 0 Å². The fourth-order valence-electron chi connectivity index (χ4n) is 3.21. The highest BCUT2D eigenvalue weighted by atomic mass is 35.5. The fourth-order valence-corrected chi connectivity index (χ4v) is 3.35. The van der Waals surface area contributed by atoms with Gasteiger partial charge in [-0.1, -0.05) is 11.6 Å². The third kappa shape index (κ3) is 2.89. The highest BCUT2D eigenvalue weighted by molar-refractivity contribution is 6.30. The number of carbonyl (C=O) groups excluding carboxylic acids is 1. The van der Waals surface area contributed by atoms with Crippen LogP contribution in [-0.4, -0.2) is 46.5 Å². The molecule has 28 heavy (non-hydrogen) atoms. The molecule has 0 unspecified atom stereocenters. The number of pyridine rings is 1. The van der Waals surface area contributed by atoms with Gasteiger partial charge in [0.05, 0.1) is 23.5 Å². The molecule has 0 spiro atoms. The summed E-state index contributed by atoms with van der Waals surface area (Å²) in [7, 11) is 0. The van der Waals surface area contributed by atoms with E-state index in [0.29, 0.717) is 41.7 Å². The van der Waals surface area contributed by atoms with Gasteiger partial charge in [0, 0.05) is 43.3 Å². The monoisotopic (exact) mass is 397 g/mol. The third-order valence-corrected chi connectivity index (χ3v) is 4.81. The van der Waals surface area contributed by atoms with Crippen molar-refractivity contribution >= 4 is 23.2 Å². The van der Waals surface area contributed by atoms with Crippen molar-refractivity contribution < 1.29 is 9.18 Å². The van der Waals surface area contributed by atoms with Gasteiger partial charge in [0.2, 0.25) is 5.95 Å². The Labute approximate surface area is 163 Å². The Morgan fingerprint density at radius 1 is 1.14 bits per heavy atom. The molecular formula is C18H13ClFN7O. The summed E-state index contributed by atoms with van der Waals surface area (Å²) >= 11 is 5.92. The van der Waals surface area contributed by atoms with Crippen LogP contribution in [0, 0.1) is 5.95 Å². The van der Waals surface area contributed by atoms with Gasteiger partial charge in [0.1, 0.15) is 5.82 Å². The normalized spacial score (nSPS) is 13.7. The fraction of sp³-hybridized carbons (Fsp3) is 0.167. The largest absolute Gasteiger partial charge is 0.331 e. The Morgan fingerprint density at radius 3 is 2.86 bits per heavy atom. The standard InChI is InChI=1S/C18H13ClFN7O/c19-12-7-22-16-5-13(24-27(16)8-12)18(28)26-4-3-25-9-14(23-17(25)10-26)11-1-2-15(20)21-6-11/h1-2,5-9H,3-4,10H2. The van der Waals surface area contributed by atoms with Gasteiger partial charge in [-0.3, -0.25) is 4.79 Å². The van der Waals surface area contributed by atoms with E-state index < -0.39 is 5.95 Å². The van der Waals surface area contributed by atoms with Crippen molar-refractivity contribution in [1.82, 2.24) is 34.0 Å². The van der Waals surface area contributed by atoms with Crippen LogP contribution in [-0.2, 0) is 13.1 Å². The number of amides is 1. The topological polar surface area (TPSA) is 81.2 Å². The lowest BCUT2D eigenvalue weighted by Crippen LogP contribution is -2.38. The zero-order chi connectivity index (χ0) is 19.3. The van der Waals surface area contributed by atoms with Crippen molar-refractivity contribution in [2.45, 2.75) is 13.1 Å². The van der Waals surface area contributed by atoms with Gasteiger partial charge >= 0.3 is 0 Å². The maximum Gasteiger partial charge on any atom is 0.274 e. The maximum atomic E-state index is 13.0. The number of carbonyl (C=O) groups is 1. The molecule has 1 aliphatic heterocycles. The third-order valence-electron chi connectivity index (χ3n) is 4.61. The molecule has 1 amide bonds. The Hall–Kier alpha value is -3.33. The first kappa shape index (κ1) is 16.8. The van der Waals surface area contributed by atoms with Crippen LogP contribution in [0.2, 0.25) is 5.02 Å². The van der Waals surface area contributed by atoms with Gasteiger partial charge in [0.15, 0.2) is 11.3 Å².